The predicted molar refractivity (Wildman–Crippen MR) is 110 cm³/mol. The number of para-hydroxylation sites is 2. The van der Waals surface area contributed by atoms with E-state index in [1.807, 2.05) is 0 Å². The second-order valence-corrected chi connectivity index (χ2v) is 7.65. The number of alkyl halides is 6. The van der Waals surface area contributed by atoms with Crippen molar-refractivity contribution in [1.29, 1.82) is 0 Å². The lowest BCUT2D eigenvalue weighted by atomic mass is 9.95. The highest BCUT2D eigenvalue weighted by atomic mass is 19.4. The summed E-state index contributed by atoms with van der Waals surface area (Å²) in [7, 11) is 0. The van der Waals surface area contributed by atoms with E-state index in [0.29, 0.717) is 12.8 Å². The van der Waals surface area contributed by atoms with Crippen molar-refractivity contribution < 1.29 is 35.9 Å². The maximum atomic E-state index is 12.7. The van der Waals surface area contributed by atoms with Gasteiger partial charge >= 0.3 is 12.4 Å². The van der Waals surface area contributed by atoms with E-state index >= 15 is 0 Å². The first-order chi connectivity index (χ1) is 15.4. The molecule has 2 aromatic rings. The quantitative estimate of drug-likeness (QED) is 0.589. The van der Waals surface area contributed by atoms with Gasteiger partial charge in [0.2, 0.25) is 5.91 Å². The molecule has 5 nitrogen and oxygen atoms in total. The van der Waals surface area contributed by atoms with Crippen molar-refractivity contribution in [2.45, 2.75) is 25.2 Å². The molecule has 0 bridgehead atoms. The Morgan fingerprint density at radius 2 is 1.45 bits per heavy atom. The van der Waals surface area contributed by atoms with Crippen LogP contribution in [0.4, 0.5) is 37.7 Å². The zero-order valence-electron chi connectivity index (χ0n) is 17.3. The number of hydrogen-bond donors (Lipinski definition) is 2. The lowest BCUT2D eigenvalue weighted by Gasteiger charge is -2.31. The number of hydrogen-bond acceptors (Lipinski definition) is 3. The molecule has 0 spiro atoms. The van der Waals surface area contributed by atoms with Gasteiger partial charge in [-0.15, -0.1) is 0 Å². The SMILES string of the molecule is O=C(Nc1ccccc1NCC(F)(F)F)C1CCN(C(=O)c2ccc(C(F)(F)F)cc2)CC1. The molecule has 2 aromatic carbocycles. The van der Waals surface area contributed by atoms with E-state index in [9.17, 15) is 35.9 Å². The van der Waals surface area contributed by atoms with Crippen LogP contribution in [-0.2, 0) is 11.0 Å². The first-order valence-corrected chi connectivity index (χ1v) is 10.1. The molecule has 1 fully saturated rings. The molecule has 1 aliphatic heterocycles. The largest absolute Gasteiger partial charge is 0.416 e. The molecule has 1 saturated heterocycles. The molecule has 2 N–H and O–H groups in total. The minimum atomic E-state index is -4.49. The third-order valence-electron chi connectivity index (χ3n) is 5.28. The van der Waals surface area contributed by atoms with E-state index in [1.165, 1.54) is 17.0 Å². The van der Waals surface area contributed by atoms with Crippen LogP contribution < -0.4 is 10.6 Å². The molecule has 1 heterocycles. The highest BCUT2D eigenvalue weighted by Gasteiger charge is 2.32. The van der Waals surface area contributed by atoms with Crippen LogP contribution in [0.15, 0.2) is 48.5 Å². The first kappa shape index (κ1) is 24.4. The van der Waals surface area contributed by atoms with Crippen LogP contribution in [0.25, 0.3) is 0 Å². The Morgan fingerprint density at radius 1 is 0.879 bits per heavy atom. The number of rotatable bonds is 5. The summed E-state index contributed by atoms with van der Waals surface area (Å²) in [6.07, 6.45) is -8.27. The predicted octanol–water partition coefficient (Wildman–Crippen LogP) is 5.17. The van der Waals surface area contributed by atoms with Crippen molar-refractivity contribution in [3.63, 3.8) is 0 Å². The van der Waals surface area contributed by atoms with Crippen LogP contribution in [0.3, 0.4) is 0 Å². The van der Waals surface area contributed by atoms with E-state index in [4.69, 9.17) is 0 Å². The van der Waals surface area contributed by atoms with Gasteiger partial charge < -0.3 is 15.5 Å². The fourth-order valence-corrected chi connectivity index (χ4v) is 3.51. The lowest BCUT2D eigenvalue weighted by Crippen LogP contribution is -2.41. The molecule has 1 aliphatic rings. The molecule has 0 radical (unpaired) electrons. The molecule has 2 amide bonds. The fraction of sp³-hybridized carbons (Fsp3) is 0.364. The number of halogens is 6. The van der Waals surface area contributed by atoms with E-state index in [-0.39, 0.29) is 35.9 Å². The van der Waals surface area contributed by atoms with Crippen molar-refractivity contribution in [1.82, 2.24) is 4.90 Å². The molecular formula is C22H21F6N3O2. The van der Waals surface area contributed by atoms with Crippen LogP contribution in [0, 0.1) is 5.92 Å². The Kier molecular flexibility index (Phi) is 7.19. The van der Waals surface area contributed by atoms with Crippen molar-refractivity contribution in [3.8, 4) is 0 Å². The topological polar surface area (TPSA) is 61.4 Å². The van der Waals surface area contributed by atoms with Gasteiger partial charge in [-0.05, 0) is 49.2 Å². The van der Waals surface area contributed by atoms with Gasteiger partial charge in [-0.1, -0.05) is 12.1 Å². The Bertz CT molecular complexity index is 981. The summed E-state index contributed by atoms with van der Waals surface area (Å²) in [5, 5.41) is 4.89. The maximum absolute atomic E-state index is 12.7. The van der Waals surface area contributed by atoms with E-state index in [0.717, 1.165) is 24.3 Å². The number of likely N-dealkylation sites (tertiary alicyclic amines) is 1. The summed E-state index contributed by atoms with van der Waals surface area (Å²) in [6, 6.07) is 9.96. The summed E-state index contributed by atoms with van der Waals surface area (Å²) >= 11 is 0. The Morgan fingerprint density at radius 3 is 2.00 bits per heavy atom. The minimum absolute atomic E-state index is 0.121. The van der Waals surface area contributed by atoms with Gasteiger partial charge in [0.05, 0.1) is 16.9 Å². The van der Waals surface area contributed by atoms with E-state index in [1.54, 1.807) is 12.1 Å². The third kappa shape index (κ3) is 6.62. The summed E-state index contributed by atoms with van der Waals surface area (Å²) in [5.74, 6) is -1.26. The normalized spacial score (nSPS) is 15.3. The summed E-state index contributed by atoms with van der Waals surface area (Å²) in [6.45, 7) is -0.790. The minimum Gasteiger partial charge on any atom is -0.375 e. The number of nitrogens with zero attached hydrogens (tertiary/aromatic N) is 1. The number of nitrogens with one attached hydrogen (secondary N) is 2. The summed E-state index contributed by atoms with van der Waals surface area (Å²) in [5.41, 5.74) is -0.372. The summed E-state index contributed by atoms with van der Waals surface area (Å²) < 4.78 is 75.5. The molecular weight excluding hydrogens is 452 g/mol. The Balaban J connectivity index is 1.56. The molecule has 0 unspecified atom stereocenters. The Labute approximate surface area is 185 Å². The van der Waals surface area contributed by atoms with Gasteiger partial charge in [0.25, 0.3) is 5.91 Å². The van der Waals surface area contributed by atoms with Gasteiger partial charge in [0.1, 0.15) is 6.54 Å². The van der Waals surface area contributed by atoms with Crippen molar-refractivity contribution in [3.05, 3.63) is 59.7 Å². The van der Waals surface area contributed by atoms with E-state index < -0.39 is 36.3 Å². The molecule has 0 aromatic heterocycles. The standard InChI is InChI=1S/C22H21F6N3O2/c23-21(24,25)13-29-17-3-1-2-4-18(17)30-19(32)14-9-11-31(12-10-14)20(33)15-5-7-16(8-6-15)22(26,27)28/h1-8,14,29H,9-13H2,(H,30,32). The van der Waals surface area contributed by atoms with Crippen LogP contribution >= 0.6 is 0 Å². The number of anilines is 2. The van der Waals surface area contributed by atoms with Crippen LogP contribution in [-0.4, -0.2) is 42.5 Å². The average molecular weight is 473 g/mol. The van der Waals surface area contributed by atoms with Crippen LogP contribution in [0.5, 0.6) is 0 Å². The highest BCUT2D eigenvalue weighted by molar-refractivity contribution is 5.97. The molecule has 0 aliphatic carbocycles. The van der Waals surface area contributed by atoms with Crippen molar-refractivity contribution >= 4 is 23.2 Å². The lowest BCUT2D eigenvalue weighted by molar-refractivity contribution is -0.137. The maximum Gasteiger partial charge on any atom is 0.416 e. The third-order valence-corrected chi connectivity index (χ3v) is 5.28. The van der Waals surface area contributed by atoms with Crippen LogP contribution in [0.1, 0.15) is 28.8 Å². The second-order valence-electron chi connectivity index (χ2n) is 7.65. The molecule has 0 atom stereocenters. The van der Waals surface area contributed by atoms with Crippen molar-refractivity contribution in [2.75, 3.05) is 30.3 Å². The Hall–Kier alpha value is -3.24. The van der Waals surface area contributed by atoms with Gasteiger partial charge in [0, 0.05) is 24.6 Å². The number of piperidine rings is 1. The smallest absolute Gasteiger partial charge is 0.375 e. The molecule has 33 heavy (non-hydrogen) atoms. The van der Waals surface area contributed by atoms with Gasteiger partial charge in [-0.25, -0.2) is 0 Å². The molecule has 11 heteroatoms. The second kappa shape index (κ2) is 9.72. The zero-order valence-corrected chi connectivity index (χ0v) is 17.3. The monoisotopic (exact) mass is 473 g/mol. The van der Waals surface area contributed by atoms with Gasteiger partial charge in [-0.3, -0.25) is 9.59 Å². The molecule has 178 valence electrons. The first-order valence-electron chi connectivity index (χ1n) is 10.1. The van der Waals surface area contributed by atoms with Gasteiger partial charge in [-0.2, -0.15) is 26.3 Å². The number of carbonyl (C=O) groups is 2. The zero-order chi connectivity index (χ0) is 24.2. The highest BCUT2D eigenvalue weighted by Crippen LogP contribution is 2.30. The molecule has 3 rings (SSSR count). The number of benzene rings is 2. The van der Waals surface area contributed by atoms with E-state index in [2.05, 4.69) is 10.6 Å². The van der Waals surface area contributed by atoms with Crippen molar-refractivity contribution in [2.24, 2.45) is 5.92 Å². The average Bonchev–Trinajstić information content (AvgIpc) is 2.77. The number of carbonyl (C=O) groups excluding carboxylic acids is 2. The van der Waals surface area contributed by atoms with Gasteiger partial charge in [0.15, 0.2) is 0 Å². The van der Waals surface area contributed by atoms with Crippen LogP contribution in [0.2, 0.25) is 0 Å². The number of amides is 2. The molecule has 0 saturated carbocycles. The summed E-state index contributed by atoms with van der Waals surface area (Å²) in [4.78, 5) is 26.7. The fourth-order valence-electron chi connectivity index (χ4n) is 3.51.